The molecule has 0 aliphatic carbocycles. The lowest BCUT2D eigenvalue weighted by molar-refractivity contribution is -0.120. The van der Waals surface area contributed by atoms with Crippen LogP contribution in [0.4, 0.5) is 0 Å². The normalized spacial score (nSPS) is 12.1. The molecular formula is C12H16ClNOS. The minimum absolute atomic E-state index is 0.117. The lowest BCUT2D eigenvalue weighted by Gasteiger charge is -2.10. The number of carbonyl (C=O) groups is 1. The maximum atomic E-state index is 11.7. The number of hydrogen-bond donors (Lipinski definition) is 1. The SMILES string of the molecule is CSCCCNC(=O)C(Cl)c1ccccc1. The standard InChI is InChI=1S/C12H16ClNOS/c1-16-9-5-8-14-12(15)11(13)10-6-3-2-4-7-10/h2-4,6-7,11H,5,8-9H2,1H3,(H,14,15). The van der Waals surface area contributed by atoms with Crippen LogP contribution in [0.2, 0.25) is 0 Å². The molecule has 0 radical (unpaired) electrons. The average Bonchev–Trinajstić information content (AvgIpc) is 2.34. The molecule has 0 aliphatic heterocycles. The third-order valence-corrected chi connectivity index (χ3v) is 3.29. The zero-order valence-corrected chi connectivity index (χ0v) is 10.9. The molecule has 0 spiro atoms. The number of nitrogens with one attached hydrogen (secondary N) is 1. The van der Waals surface area contributed by atoms with Crippen LogP contribution in [-0.2, 0) is 4.79 Å². The Bertz CT molecular complexity index is 318. The summed E-state index contributed by atoms with van der Waals surface area (Å²) < 4.78 is 0. The molecule has 1 rings (SSSR count). The van der Waals surface area contributed by atoms with Gasteiger partial charge in [-0.3, -0.25) is 4.79 Å². The van der Waals surface area contributed by atoms with Crippen LogP contribution in [-0.4, -0.2) is 24.5 Å². The summed E-state index contributed by atoms with van der Waals surface area (Å²) in [5, 5.41) is 2.24. The van der Waals surface area contributed by atoms with Gasteiger partial charge in [0.25, 0.3) is 0 Å². The van der Waals surface area contributed by atoms with Crippen molar-refractivity contribution in [1.29, 1.82) is 0 Å². The van der Waals surface area contributed by atoms with Gasteiger partial charge in [-0.2, -0.15) is 11.8 Å². The second-order valence-electron chi connectivity index (χ2n) is 3.41. The van der Waals surface area contributed by atoms with Crippen molar-refractivity contribution < 1.29 is 4.79 Å². The molecule has 0 fully saturated rings. The van der Waals surface area contributed by atoms with E-state index in [9.17, 15) is 4.79 Å². The van der Waals surface area contributed by atoms with Crippen LogP contribution < -0.4 is 5.32 Å². The monoisotopic (exact) mass is 257 g/mol. The van der Waals surface area contributed by atoms with E-state index in [2.05, 4.69) is 11.6 Å². The summed E-state index contributed by atoms with van der Waals surface area (Å²) in [5.41, 5.74) is 0.839. The summed E-state index contributed by atoms with van der Waals surface area (Å²) in [5.74, 6) is 0.937. The van der Waals surface area contributed by atoms with E-state index < -0.39 is 5.38 Å². The molecule has 0 aromatic heterocycles. The molecule has 1 N–H and O–H groups in total. The molecule has 4 heteroatoms. The van der Waals surface area contributed by atoms with Crippen LogP contribution in [0, 0.1) is 0 Å². The van der Waals surface area contributed by atoms with Gasteiger partial charge in [0.15, 0.2) is 0 Å². The summed E-state index contributed by atoms with van der Waals surface area (Å²) >= 11 is 7.83. The average molecular weight is 258 g/mol. The van der Waals surface area contributed by atoms with E-state index >= 15 is 0 Å². The first kappa shape index (κ1) is 13.4. The molecule has 0 heterocycles. The highest BCUT2D eigenvalue weighted by Gasteiger charge is 2.16. The van der Waals surface area contributed by atoms with Gasteiger partial charge >= 0.3 is 0 Å². The maximum Gasteiger partial charge on any atom is 0.242 e. The van der Waals surface area contributed by atoms with Crippen LogP contribution in [0.25, 0.3) is 0 Å². The van der Waals surface area contributed by atoms with Crippen LogP contribution in [0.1, 0.15) is 17.4 Å². The molecule has 16 heavy (non-hydrogen) atoms. The first-order valence-electron chi connectivity index (χ1n) is 5.21. The van der Waals surface area contributed by atoms with Gasteiger partial charge in [0.2, 0.25) is 5.91 Å². The van der Waals surface area contributed by atoms with E-state index in [1.54, 1.807) is 11.8 Å². The van der Waals surface area contributed by atoms with Gasteiger partial charge in [-0.1, -0.05) is 30.3 Å². The smallest absolute Gasteiger partial charge is 0.242 e. The van der Waals surface area contributed by atoms with E-state index in [4.69, 9.17) is 11.6 Å². The van der Waals surface area contributed by atoms with Crippen molar-refractivity contribution >= 4 is 29.3 Å². The topological polar surface area (TPSA) is 29.1 Å². The summed E-state index contributed by atoms with van der Waals surface area (Å²) in [7, 11) is 0. The third kappa shape index (κ3) is 4.45. The number of rotatable bonds is 6. The number of benzene rings is 1. The minimum Gasteiger partial charge on any atom is -0.354 e. The number of halogens is 1. The fourth-order valence-corrected chi connectivity index (χ4v) is 1.95. The molecule has 1 amide bonds. The fraction of sp³-hybridized carbons (Fsp3) is 0.417. The number of thioether (sulfide) groups is 1. The first-order valence-corrected chi connectivity index (χ1v) is 7.04. The van der Waals surface area contributed by atoms with Crippen molar-refractivity contribution in [1.82, 2.24) is 5.32 Å². The number of alkyl halides is 1. The maximum absolute atomic E-state index is 11.7. The van der Waals surface area contributed by atoms with Gasteiger partial charge in [0, 0.05) is 6.54 Å². The highest BCUT2D eigenvalue weighted by molar-refractivity contribution is 7.98. The fourth-order valence-electron chi connectivity index (χ4n) is 1.29. The molecule has 2 nitrogen and oxygen atoms in total. The Morgan fingerprint density at radius 1 is 1.44 bits per heavy atom. The molecule has 0 bridgehead atoms. The van der Waals surface area contributed by atoms with Crippen molar-refractivity contribution in [3.05, 3.63) is 35.9 Å². The molecule has 0 aliphatic rings. The van der Waals surface area contributed by atoms with Gasteiger partial charge in [0.1, 0.15) is 5.38 Å². The van der Waals surface area contributed by atoms with Crippen LogP contribution in [0.3, 0.4) is 0 Å². The lowest BCUT2D eigenvalue weighted by Crippen LogP contribution is -2.28. The van der Waals surface area contributed by atoms with Crippen molar-refractivity contribution in [2.45, 2.75) is 11.8 Å². The Morgan fingerprint density at radius 2 is 2.12 bits per heavy atom. The largest absolute Gasteiger partial charge is 0.354 e. The lowest BCUT2D eigenvalue weighted by atomic mass is 10.1. The Balaban J connectivity index is 2.37. The Kier molecular flexibility index (Phi) is 6.34. The summed E-state index contributed by atoms with van der Waals surface area (Å²) in [6.07, 6.45) is 3.03. The predicted octanol–water partition coefficient (Wildman–Crippen LogP) is 2.84. The Hall–Kier alpha value is -0.670. The molecule has 0 saturated heterocycles. The molecule has 0 saturated carbocycles. The molecule has 88 valence electrons. The molecule has 1 aromatic rings. The zero-order chi connectivity index (χ0) is 11.8. The molecular weight excluding hydrogens is 242 g/mol. The van der Waals surface area contributed by atoms with E-state index in [1.165, 1.54) is 0 Å². The van der Waals surface area contributed by atoms with Crippen molar-refractivity contribution in [2.24, 2.45) is 0 Å². The van der Waals surface area contributed by atoms with Gasteiger partial charge in [-0.25, -0.2) is 0 Å². The second kappa shape index (κ2) is 7.58. The van der Waals surface area contributed by atoms with Gasteiger partial charge in [0.05, 0.1) is 0 Å². The van der Waals surface area contributed by atoms with Crippen molar-refractivity contribution in [2.75, 3.05) is 18.6 Å². The summed E-state index contributed by atoms with van der Waals surface area (Å²) in [6, 6.07) is 9.39. The number of hydrogen-bond acceptors (Lipinski definition) is 2. The third-order valence-electron chi connectivity index (χ3n) is 2.15. The van der Waals surface area contributed by atoms with Crippen molar-refractivity contribution in [3.63, 3.8) is 0 Å². The second-order valence-corrected chi connectivity index (χ2v) is 4.83. The van der Waals surface area contributed by atoms with Crippen molar-refractivity contribution in [3.8, 4) is 0 Å². The highest BCUT2D eigenvalue weighted by atomic mass is 35.5. The molecule has 1 atom stereocenters. The number of carbonyl (C=O) groups excluding carboxylic acids is 1. The van der Waals surface area contributed by atoms with E-state index in [-0.39, 0.29) is 5.91 Å². The summed E-state index contributed by atoms with van der Waals surface area (Å²) in [6.45, 7) is 0.690. The van der Waals surface area contributed by atoms with E-state index in [0.717, 1.165) is 17.7 Å². The minimum atomic E-state index is -0.588. The zero-order valence-electron chi connectivity index (χ0n) is 9.28. The quantitative estimate of drug-likeness (QED) is 0.627. The van der Waals surface area contributed by atoms with E-state index in [0.29, 0.717) is 6.54 Å². The van der Waals surface area contributed by atoms with Crippen LogP contribution in [0.5, 0.6) is 0 Å². The number of amides is 1. The van der Waals surface area contributed by atoms with Gasteiger partial charge in [-0.05, 0) is 24.0 Å². The van der Waals surface area contributed by atoms with Crippen LogP contribution >= 0.6 is 23.4 Å². The van der Waals surface area contributed by atoms with Gasteiger partial charge < -0.3 is 5.32 Å². The Morgan fingerprint density at radius 3 is 2.75 bits per heavy atom. The van der Waals surface area contributed by atoms with Gasteiger partial charge in [-0.15, -0.1) is 11.6 Å². The Labute approximate surface area is 106 Å². The first-order chi connectivity index (χ1) is 7.75. The molecule has 1 unspecified atom stereocenters. The summed E-state index contributed by atoms with van der Waals surface area (Å²) in [4.78, 5) is 11.7. The highest BCUT2D eigenvalue weighted by Crippen LogP contribution is 2.19. The van der Waals surface area contributed by atoms with Crippen LogP contribution in [0.15, 0.2) is 30.3 Å². The molecule has 1 aromatic carbocycles. The predicted molar refractivity (Wildman–Crippen MR) is 71.0 cm³/mol. The van der Waals surface area contributed by atoms with E-state index in [1.807, 2.05) is 30.3 Å².